The highest BCUT2D eigenvalue weighted by Gasteiger charge is 2.33. The lowest BCUT2D eigenvalue weighted by Crippen LogP contribution is -2.57. The predicted molar refractivity (Wildman–Crippen MR) is 161 cm³/mol. The Labute approximate surface area is 259 Å². The maximum absolute atomic E-state index is 14.6. The Hall–Kier alpha value is -4.97. The number of hydrogen-bond acceptors (Lipinski definition) is 9. The molecule has 4 heterocycles. The molecule has 12 heteroatoms. The van der Waals surface area contributed by atoms with Gasteiger partial charge in [-0.05, 0) is 60.4 Å². The van der Waals surface area contributed by atoms with Crippen LogP contribution in [0.3, 0.4) is 0 Å². The number of likely N-dealkylation sites (tertiary alicyclic amines) is 1. The number of hydrogen-bond donors (Lipinski definition) is 2. The van der Waals surface area contributed by atoms with E-state index >= 15 is 0 Å². The van der Waals surface area contributed by atoms with Gasteiger partial charge in [0.15, 0.2) is 23.9 Å². The van der Waals surface area contributed by atoms with E-state index in [0.29, 0.717) is 66.7 Å². The van der Waals surface area contributed by atoms with Gasteiger partial charge in [0.1, 0.15) is 23.4 Å². The molecule has 1 fully saturated rings. The first-order valence-corrected chi connectivity index (χ1v) is 14.8. The van der Waals surface area contributed by atoms with E-state index in [4.69, 9.17) is 18.7 Å². The fourth-order valence-corrected chi connectivity index (χ4v) is 5.57. The number of fused-ring (bicyclic) bond motifs is 5. The first-order chi connectivity index (χ1) is 21.9. The molecule has 1 saturated heterocycles. The largest absolute Gasteiger partial charge is 0.493 e. The lowest BCUT2D eigenvalue weighted by molar-refractivity contribution is -0.125. The number of carbonyl (C=O) groups is 2. The van der Waals surface area contributed by atoms with Crippen molar-refractivity contribution in [2.75, 3.05) is 26.8 Å². The molecule has 45 heavy (non-hydrogen) atoms. The molecule has 0 aliphatic carbocycles. The van der Waals surface area contributed by atoms with Gasteiger partial charge in [0, 0.05) is 56.1 Å². The van der Waals surface area contributed by atoms with E-state index in [1.807, 2.05) is 24.3 Å². The topological polar surface area (TPSA) is 128 Å². The zero-order valence-corrected chi connectivity index (χ0v) is 24.8. The molecule has 0 unspecified atom stereocenters. The van der Waals surface area contributed by atoms with E-state index in [1.165, 1.54) is 19.2 Å². The second-order valence-corrected chi connectivity index (χ2v) is 11.1. The third-order valence-electron chi connectivity index (χ3n) is 7.81. The summed E-state index contributed by atoms with van der Waals surface area (Å²) in [7, 11) is 1.53. The molecule has 2 amide bonds. The monoisotopic (exact) mass is 615 g/mol. The molecule has 2 atom stereocenters. The minimum Gasteiger partial charge on any atom is -0.493 e. The highest BCUT2D eigenvalue weighted by atomic mass is 19.1. The van der Waals surface area contributed by atoms with Gasteiger partial charge in [0.2, 0.25) is 5.91 Å². The van der Waals surface area contributed by atoms with Crippen LogP contribution < -0.4 is 24.8 Å². The van der Waals surface area contributed by atoms with Gasteiger partial charge in [0.25, 0.3) is 5.91 Å². The van der Waals surface area contributed by atoms with Gasteiger partial charge in [0.05, 0.1) is 19.7 Å². The molecular weight excluding hydrogens is 581 g/mol. The van der Waals surface area contributed by atoms with Crippen LogP contribution in [-0.2, 0) is 29.1 Å². The normalized spacial score (nSPS) is 19.5. The average Bonchev–Trinajstić information content (AvgIpc) is 3.51. The number of amides is 2. The third kappa shape index (κ3) is 7.76. The summed E-state index contributed by atoms with van der Waals surface area (Å²) in [6.07, 6.45) is 4.19. The van der Waals surface area contributed by atoms with Gasteiger partial charge in [-0.15, -0.1) is 0 Å². The maximum Gasteiger partial charge on any atom is 0.258 e. The van der Waals surface area contributed by atoms with E-state index < -0.39 is 18.0 Å². The summed E-state index contributed by atoms with van der Waals surface area (Å²) >= 11 is 0. The molecule has 4 bridgehead atoms. The maximum atomic E-state index is 14.6. The fraction of sp³-hybridized carbons (Fsp3) is 0.333. The van der Waals surface area contributed by atoms with Gasteiger partial charge < -0.3 is 29.4 Å². The Morgan fingerprint density at radius 3 is 2.82 bits per heavy atom. The van der Waals surface area contributed by atoms with Crippen LogP contribution in [0.15, 0.2) is 71.5 Å². The van der Waals surface area contributed by atoms with Crippen LogP contribution in [0.2, 0.25) is 0 Å². The molecule has 0 saturated carbocycles. The molecule has 2 aliphatic heterocycles. The smallest absolute Gasteiger partial charge is 0.258 e. The Kier molecular flexibility index (Phi) is 9.20. The summed E-state index contributed by atoms with van der Waals surface area (Å²) in [6.45, 7) is 1.44. The van der Waals surface area contributed by atoms with Gasteiger partial charge in [-0.1, -0.05) is 11.2 Å². The lowest BCUT2D eigenvalue weighted by Gasteiger charge is -2.38. The Bertz CT molecular complexity index is 1650. The Morgan fingerprint density at radius 1 is 1.07 bits per heavy atom. The van der Waals surface area contributed by atoms with Crippen molar-refractivity contribution in [3.63, 3.8) is 0 Å². The van der Waals surface area contributed by atoms with Gasteiger partial charge in [-0.2, -0.15) is 0 Å². The number of halogens is 1. The van der Waals surface area contributed by atoms with Gasteiger partial charge >= 0.3 is 0 Å². The van der Waals surface area contributed by atoms with Crippen molar-refractivity contribution < 1.29 is 32.7 Å². The first-order valence-electron chi connectivity index (χ1n) is 14.8. The standard InChI is InChI=1S/C33H34FN5O6/c1-42-30-6-4-21-5-7-32(40)36-16-22-11-24(34)14-25(12-22)44-29-8-10-39(19-28(29)37-33(41)20-43-31(30)13-21)18-26-15-27(38-45-26)23-3-2-9-35-17-23/h2-4,6,9,11-15,17,28-29H,5,7-8,10,16,18-20H2,1H3,(H,36,40)(H,37,41)/t28-,29-/m1/s1. The lowest BCUT2D eigenvalue weighted by atomic mass is 10.0. The van der Waals surface area contributed by atoms with Crippen molar-refractivity contribution in [2.24, 2.45) is 0 Å². The number of rotatable bonds is 4. The number of aromatic nitrogens is 2. The SMILES string of the molecule is COc1ccc2cc1OCC(=O)N[C@@H]1CN(Cc3cc(-c4cccnc4)no3)CC[C@H]1Oc1cc(F)cc(c1)CNC(=O)CC2. The number of benzene rings is 2. The van der Waals surface area contributed by atoms with Crippen LogP contribution in [-0.4, -0.2) is 65.8 Å². The summed E-state index contributed by atoms with van der Waals surface area (Å²) < 4.78 is 37.8. The summed E-state index contributed by atoms with van der Waals surface area (Å²) in [6, 6.07) is 14.9. The molecule has 6 rings (SSSR count). The van der Waals surface area contributed by atoms with Crippen LogP contribution in [0.1, 0.15) is 29.7 Å². The van der Waals surface area contributed by atoms with Crippen LogP contribution in [0.5, 0.6) is 17.2 Å². The van der Waals surface area contributed by atoms with Crippen molar-refractivity contribution in [3.05, 3.63) is 89.7 Å². The van der Waals surface area contributed by atoms with E-state index in [-0.39, 0.29) is 31.4 Å². The number of nitrogens with zero attached hydrogens (tertiary/aromatic N) is 3. The molecular formula is C33H34FN5O6. The number of ether oxygens (including phenoxy) is 3. The quantitative estimate of drug-likeness (QED) is 0.354. The average molecular weight is 616 g/mol. The Balaban J connectivity index is 1.22. The highest BCUT2D eigenvalue weighted by Crippen LogP contribution is 2.29. The molecule has 4 aromatic rings. The van der Waals surface area contributed by atoms with Crippen molar-refractivity contribution in [1.82, 2.24) is 25.7 Å². The minimum absolute atomic E-state index is 0.154. The molecule has 11 nitrogen and oxygen atoms in total. The van der Waals surface area contributed by atoms with E-state index in [9.17, 15) is 14.0 Å². The zero-order valence-electron chi connectivity index (χ0n) is 24.8. The summed E-state index contributed by atoms with van der Waals surface area (Å²) in [5.41, 5.74) is 2.97. The molecule has 234 valence electrons. The molecule has 0 spiro atoms. The summed E-state index contributed by atoms with van der Waals surface area (Å²) in [5.74, 6) is 0.892. The van der Waals surface area contributed by atoms with Crippen LogP contribution >= 0.6 is 0 Å². The molecule has 2 N–H and O–H groups in total. The second-order valence-electron chi connectivity index (χ2n) is 11.1. The van der Waals surface area contributed by atoms with Crippen molar-refractivity contribution in [2.45, 2.75) is 44.5 Å². The molecule has 0 radical (unpaired) electrons. The first kappa shape index (κ1) is 30.1. The predicted octanol–water partition coefficient (Wildman–Crippen LogP) is 3.66. The third-order valence-corrected chi connectivity index (χ3v) is 7.81. The summed E-state index contributed by atoms with van der Waals surface area (Å²) in [4.78, 5) is 32.1. The van der Waals surface area contributed by atoms with Gasteiger partial charge in [-0.3, -0.25) is 19.5 Å². The van der Waals surface area contributed by atoms with Crippen molar-refractivity contribution in [1.29, 1.82) is 0 Å². The van der Waals surface area contributed by atoms with E-state index in [2.05, 4.69) is 25.7 Å². The van der Waals surface area contributed by atoms with E-state index in [1.54, 1.807) is 30.6 Å². The zero-order chi connectivity index (χ0) is 31.2. The van der Waals surface area contributed by atoms with Crippen molar-refractivity contribution in [3.8, 4) is 28.5 Å². The van der Waals surface area contributed by atoms with Gasteiger partial charge in [-0.25, -0.2) is 4.39 Å². The fourth-order valence-electron chi connectivity index (χ4n) is 5.57. The van der Waals surface area contributed by atoms with Crippen molar-refractivity contribution >= 4 is 11.8 Å². The number of nitrogens with one attached hydrogen (secondary N) is 2. The number of pyridine rings is 1. The summed E-state index contributed by atoms with van der Waals surface area (Å²) in [5, 5.41) is 10.1. The number of aryl methyl sites for hydroxylation is 1. The van der Waals surface area contributed by atoms with Crippen LogP contribution in [0.4, 0.5) is 4.39 Å². The number of piperidine rings is 1. The highest BCUT2D eigenvalue weighted by molar-refractivity contribution is 5.78. The Morgan fingerprint density at radius 2 is 1.98 bits per heavy atom. The minimum atomic E-state index is -0.474. The molecule has 2 aliphatic rings. The molecule has 2 aromatic heterocycles. The van der Waals surface area contributed by atoms with E-state index in [0.717, 1.165) is 11.1 Å². The molecule has 2 aromatic carbocycles. The van der Waals surface area contributed by atoms with Crippen LogP contribution in [0, 0.1) is 5.82 Å². The number of carbonyl (C=O) groups excluding carboxylic acids is 2. The van der Waals surface area contributed by atoms with Crippen LogP contribution in [0.25, 0.3) is 11.3 Å². The second kappa shape index (κ2) is 13.8. The number of methoxy groups -OCH3 is 1.